The van der Waals surface area contributed by atoms with Gasteiger partial charge in [0.1, 0.15) is 0 Å². The number of nitrogens with zero attached hydrogens (tertiary/aromatic N) is 2. The highest BCUT2D eigenvalue weighted by Gasteiger charge is 2.25. The molecule has 160 valence electrons. The van der Waals surface area contributed by atoms with Gasteiger partial charge in [-0.15, -0.1) is 0 Å². The standard InChI is InChI=1S/C23H27Cl2N3O2/c1-3-27(4-2)23(30)19-7-5-6-8-21(19)28-13-11-17(12-14-28)26-22(29)18-10-9-16(24)15-20(18)25/h5-10,15,17H,3-4,11-14H2,1-2H3,(H,26,29). The van der Waals surface area contributed by atoms with Crippen LogP contribution in [0.4, 0.5) is 5.69 Å². The van der Waals surface area contributed by atoms with E-state index in [1.165, 1.54) is 0 Å². The number of rotatable bonds is 6. The lowest BCUT2D eigenvalue weighted by Gasteiger charge is -2.35. The quantitative estimate of drug-likeness (QED) is 0.686. The van der Waals surface area contributed by atoms with Crippen LogP contribution in [0.1, 0.15) is 47.4 Å². The molecule has 1 saturated heterocycles. The van der Waals surface area contributed by atoms with Gasteiger partial charge in [-0.3, -0.25) is 9.59 Å². The predicted octanol–water partition coefficient (Wildman–Crippen LogP) is 4.87. The number of carbonyl (C=O) groups is 2. The molecule has 30 heavy (non-hydrogen) atoms. The van der Waals surface area contributed by atoms with Gasteiger partial charge in [0, 0.05) is 42.9 Å². The van der Waals surface area contributed by atoms with E-state index in [0.717, 1.165) is 37.2 Å². The fourth-order valence-corrected chi connectivity index (χ4v) is 4.31. The third-order valence-corrected chi connectivity index (χ3v) is 6.08. The molecule has 1 heterocycles. The van der Waals surface area contributed by atoms with Gasteiger partial charge in [-0.1, -0.05) is 35.3 Å². The van der Waals surface area contributed by atoms with Crippen molar-refractivity contribution in [3.05, 3.63) is 63.6 Å². The Morgan fingerprint density at radius 2 is 1.70 bits per heavy atom. The van der Waals surface area contributed by atoms with Crippen molar-refractivity contribution >= 4 is 40.7 Å². The van der Waals surface area contributed by atoms with Crippen LogP contribution in [0.2, 0.25) is 10.0 Å². The van der Waals surface area contributed by atoms with Gasteiger partial charge in [-0.25, -0.2) is 0 Å². The molecule has 5 nitrogen and oxygen atoms in total. The van der Waals surface area contributed by atoms with E-state index >= 15 is 0 Å². The minimum Gasteiger partial charge on any atom is -0.371 e. The van der Waals surface area contributed by atoms with E-state index in [0.29, 0.717) is 28.7 Å². The van der Waals surface area contributed by atoms with E-state index in [1.54, 1.807) is 18.2 Å². The zero-order valence-corrected chi connectivity index (χ0v) is 18.8. The highest BCUT2D eigenvalue weighted by molar-refractivity contribution is 6.36. The lowest BCUT2D eigenvalue weighted by Crippen LogP contribution is -2.45. The smallest absolute Gasteiger partial charge is 0.255 e. The SMILES string of the molecule is CCN(CC)C(=O)c1ccccc1N1CCC(NC(=O)c2ccc(Cl)cc2Cl)CC1. The van der Waals surface area contributed by atoms with Crippen LogP contribution in [-0.2, 0) is 0 Å². The molecule has 0 aromatic heterocycles. The Morgan fingerprint density at radius 3 is 2.33 bits per heavy atom. The zero-order chi connectivity index (χ0) is 21.7. The highest BCUT2D eigenvalue weighted by Crippen LogP contribution is 2.26. The minimum atomic E-state index is -0.188. The number of nitrogens with one attached hydrogen (secondary N) is 1. The van der Waals surface area contributed by atoms with Crippen molar-refractivity contribution in [1.82, 2.24) is 10.2 Å². The number of hydrogen-bond donors (Lipinski definition) is 1. The Kier molecular flexibility index (Phi) is 7.62. The summed E-state index contributed by atoms with van der Waals surface area (Å²) in [5, 5.41) is 3.92. The molecule has 1 fully saturated rings. The van der Waals surface area contributed by atoms with Gasteiger partial charge in [0.25, 0.3) is 11.8 Å². The van der Waals surface area contributed by atoms with Gasteiger partial charge in [0.2, 0.25) is 0 Å². The first-order valence-electron chi connectivity index (χ1n) is 10.3. The number of carbonyl (C=O) groups excluding carboxylic acids is 2. The van der Waals surface area contributed by atoms with Crippen molar-refractivity contribution in [3.8, 4) is 0 Å². The molecule has 3 rings (SSSR count). The molecule has 2 aromatic rings. The maximum atomic E-state index is 12.9. The number of anilines is 1. The van der Waals surface area contributed by atoms with Crippen LogP contribution >= 0.6 is 23.2 Å². The second-order valence-electron chi connectivity index (χ2n) is 7.35. The Hall–Kier alpha value is -2.24. The molecular weight excluding hydrogens is 421 g/mol. The van der Waals surface area contributed by atoms with E-state index in [4.69, 9.17) is 23.2 Å². The lowest BCUT2D eigenvalue weighted by molar-refractivity contribution is 0.0773. The fourth-order valence-electron chi connectivity index (χ4n) is 3.81. The topological polar surface area (TPSA) is 52.7 Å². The first kappa shape index (κ1) is 22.4. The number of benzene rings is 2. The Morgan fingerprint density at radius 1 is 1.03 bits per heavy atom. The van der Waals surface area contributed by atoms with Crippen LogP contribution in [0.25, 0.3) is 0 Å². The Balaban J connectivity index is 1.65. The van der Waals surface area contributed by atoms with Crippen molar-refractivity contribution in [2.75, 3.05) is 31.1 Å². The highest BCUT2D eigenvalue weighted by atomic mass is 35.5. The van der Waals surface area contributed by atoms with Gasteiger partial charge in [0.05, 0.1) is 16.1 Å². The van der Waals surface area contributed by atoms with Gasteiger partial charge < -0.3 is 15.1 Å². The summed E-state index contributed by atoms with van der Waals surface area (Å²) < 4.78 is 0. The van der Waals surface area contributed by atoms with Crippen LogP contribution in [0.5, 0.6) is 0 Å². The third-order valence-electron chi connectivity index (χ3n) is 5.53. The largest absolute Gasteiger partial charge is 0.371 e. The molecule has 1 aliphatic rings. The molecule has 0 spiro atoms. The molecule has 0 radical (unpaired) electrons. The van der Waals surface area contributed by atoms with Crippen LogP contribution < -0.4 is 10.2 Å². The minimum absolute atomic E-state index is 0.0587. The van der Waals surface area contributed by atoms with Gasteiger partial charge in [0.15, 0.2) is 0 Å². The number of para-hydroxylation sites is 1. The molecule has 2 amide bonds. The Bertz CT molecular complexity index is 907. The van der Waals surface area contributed by atoms with Crippen molar-refractivity contribution in [2.24, 2.45) is 0 Å². The molecule has 1 aliphatic heterocycles. The predicted molar refractivity (Wildman–Crippen MR) is 123 cm³/mol. The van der Waals surface area contributed by atoms with Gasteiger partial charge in [-0.2, -0.15) is 0 Å². The first-order valence-corrected chi connectivity index (χ1v) is 11.1. The van der Waals surface area contributed by atoms with Crippen LogP contribution in [0.15, 0.2) is 42.5 Å². The summed E-state index contributed by atoms with van der Waals surface area (Å²) in [5.74, 6) is -0.129. The van der Waals surface area contributed by atoms with Gasteiger partial charge in [-0.05, 0) is 57.0 Å². The zero-order valence-electron chi connectivity index (χ0n) is 17.3. The second kappa shape index (κ2) is 10.2. The summed E-state index contributed by atoms with van der Waals surface area (Å²) in [6, 6.07) is 12.7. The summed E-state index contributed by atoms with van der Waals surface area (Å²) in [4.78, 5) is 29.6. The van der Waals surface area contributed by atoms with Crippen LogP contribution in [-0.4, -0.2) is 48.9 Å². The van der Waals surface area contributed by atoms with E-state index in [-0.39, 0.29) is 17.9 Å². The van der Waals surface area contributed by atoms with Crippen molar-refractivity contribution in [1.29, 1.82) is 0 Å². The first-order chi connectivity index (χ1) is 14.4. The summed E-state index contributed by atoms with van der Waals surface area (Å²) in [7, 11) is 0. The average Bonchev–Trinajstić information content (AvgIpc) is 2.75. The average molecular weight is 448 g/mol. The van der Waals surface area contributed by atoms with E-state index < -0.39 is 0 Å². The van der Waals surface area contributed by atoms with Crippen molar-refractivity contribution < 1.29 is 9.59 Å². The molecule has 1 N–H and O–H groups in total. The third kappa shape index (κ3) is 5.08. The van der Waals surface area contributed by atoms with Gasteiger partial charge >= 0.3 is 0 Å². The summed E-state index contributed by atoms with van der Waals surface area (Å²) in [5.41, 5.74) is 2.12. The lowest BCUT2D eigenvalue weighted by atomic mass is 10.0. The summed E-state index contributed by atoms with van der Waals surface area (Å²) >= 11 is 12.1. The molecule has 2 aromatic carbocycles. The van der Waals surface area contributed by atoms with E-state index in [1.807, 2.05) is 43.0 Å². The molecule has 0 saturated carbocycles. The maximum Gasteiger partial charge on any atom is 0.255 e. The fraction of sp³-hybridized carbons (Fsp3) is 0.391. The Labute approximate surface area is 187 Å². The summed E-state index contributed by atoms with van der Waals surface area (Å²) in [6.07, 6.45) is 1.59. The molecule has 0 unspecified atom stereocenters. The monoisotopic (exact) mass is 447 g/mol. The van der Waals surface area contributed by atoms with Crippen LogP contribution in [0.3, 0.4) is 0 Å². The van der Waals surface area contributed by atoms with Crippen LogP contribution in [0, 0.1) is 0 Å². The van der Waals surface area contributed by atoms with Crippen molar-refractivity contribution in [3.63, 3.8) is 0 Å². The number of hydrogen-bond acceptors (Lipinski definition) is 3. The number of piperidine rings is 1. The second-order valence-corrected chi connectivity index (χ2v) is 8.20. The van der Waals surface area contributed by atoms with E-state index in [9.17, 15) is 9.59 Å². The summed E-state index contributed by atoms with van der Waals surface area (Å²) in [6.45, 7) is 6.88. The normalized spacial score (nSPS) is 14.5. The molecule has 0 aliphatic carbocycles. The molecular formula is C23H27Cl2N3O2. The molecule has 0 atom stereocenters. The number of amides is 2. The maximum absolute atomic E-state index is 12.9. The molecule has 0 bridgehead atoms. The molecule has 7 heteroatoms. The van der Waals surface area contributed by atoms with Crippen molar-refractivity contribution in [2.45, 2.75) is 32.7 Å². The number of halogens is 2. The van der Waals surface area contributed by atoms with E-state index in [2.05, 4.69) is 10.2 Å².